The van der Waals surface area contributed by atoms with Gasteiger partial charge in [0, 0.05) is 30.8 Å². The van der Waals surface area contributed by atoms with Gasteiger partial charge < -0.3 is 24.1 Å². The van der Waals surface area contributed by atoms with Gasteiger partial charge in [-0.1, -0.05) is 18.2 Å². The summed E-state index contributed by atoms with van der Waals surface area (Å²) in [6.45, 7) is 0.471. The van der Waals surface area contributed by atoms with Gasteiger partial charge in [-0.2, -0.15) is 0 Å². The molecule has 0 aliphatic heterocycles. The van der Waals surface area contributed by atoms with E-state index in [-0.39, 0.29) is 19.1 Å². The number of ether oxygens (including phenoxy) is 1. The summed E-state index contributed by atoms with van der Waals surface area (Å²) < 4.78 is 10.6. The topological polar surface area (TPSA) is 78.7 Å². The second kappa shape index (κ2) is 6.58. The number of benzene rings is 1. The summed E-state index contributed by atoms with van der Waals surface area (Å²) in [6.07, 6.45) is 1.57. The van der Waals surface area contributed by atoms with E-state index in [1.165, 1.54) is 0 Å². The molecule has 0 radical (unpaired) electrons. The summed E-state index contributed by atoms with van der Waals surface area (Å²) in [4.78, 5) is 17.3. The summed E-state index contributed by atoms with van der Waals surface area (Å²) >= 11 is 0. The zero-order valence-electron chi connectivity index (χ0n) is 12.8. The van der Waals surface area contributed by atoms with E-state index < -0.39 is 0 Å². The standard InChI is InChI=1S/C17H18N2O4/c1-22-15-5-3-2-4-12(15)11-19(7-8-20)17(21)14-10-16-13(18-14)6-9-23-16/h2-6,9-10,18,20H,7-8,11H2,1H3. The summed E-state index contributed by atoms with van der Waals surface area (Å²) in [5, 5.41) is 9.28. The van der Waals surface area contributed by atoms with Crippen LogP contribution in [0.1, 0.15) is 16.1 Å². The molecule has 120 valence electrons. The van der Waals surface area contributed by atoms with E-state index in [2.05, 4.69) is 4.98 Å². The predicted octanol–water partition coefficient (Wildman–Crippen LogP) is 2.40. The first-order valence-electron chi connectivity index (χ1n) is 7.31. The lowest BCUT2D eigenvalue weighted by Crippen LogP contribution is -2.33. The van der Waals surface area contributed by atoms with E-state index in [0.29, 0.717) is 23.6 Å². The zero-order chi connectivity index (χ0) is 16.2. The van der Waals surface area contributed by atoms with Crippen molar-refractivity contribution in [1.29, 1.82) is 0 Å². The van der Waals surface area contributed by atoms with Crippen molar-refractivity contribution in [1.82, 2.24) is 9.88 Å². The van der Waals surface area contributed by atoms with Crippen LogP contribution in [0.3, 0.4) is 0 Å². The van der Waals surface area contributed by atoms with Crippen molar-refractivity contribution in [3.63, 3.8) is 0 Å². The van der Waals surface area contributed by atoms with Crippen LogP contribution in [0.15, 0.2) is 47.1 Å². The molecule has 0 atom stereocenters. The summed E-state index contributed by atoms with van der Waals surface area (Å²) in [5.74, 6) is 0.514. The van der Waals surface area contributed by atoms with Crippen LogP contribution >= 0.6 is 0 Å². The van der Waals surface area contributed by atoms with Crippen LogP contribution in [0.4, 0.5) is 0 Å². The normalized spacial score (nSPS) is 10.9. The van der Waals surface area contributed by atoms with Gasteiger partial charge in [-0.25, -0.2) is 0 Å². The molecule has 1 aromatic carbocycles. The largest absolute Gasteiger partial charge is 0.496 e. The Labute approximate surface area is 133 Å². The molecule has 2 heterocycles. The van der Waals surface area contributed by atoms with Crippen molar-refractivity contribution in [2.75, 3.05) is 20.3 Å². The first-order valence-corrected chi connectivity index (χ1v) is 7.31. The number of aliphatic hydroxyl groups excluding tert-OH is 1. The summed E-state index contributed by atoms with van der Waals surface area (Å²) in [5.41, 5.74) is 2.72. The molecule has 0 aliphatic carbocycles. The van der Waals surface area contributed by atoms with Crippen LogP contribution in [0.2, 0.25) is 0 Å². The Kier molecular flexibility index (Phi) is 4.34. The Balaban J connectivity index is 1.85. The molecule has 3 aromatic rings. The molecule has 0 fully saturated rings. The first kappa shape index (κ1) is 15.2. The van der Waals surface area contributed by atoms with Crippen LogP contribution in [0.5, 0.6) is 5.75 Å². The first-order chi connectivity index (χ1) is 11.2. The minimum atomic E-state index is -0.198. The van der Waals surface area contributed by atoms with Crippen LogP contribution in [0.25, 0.3) is 11.1 Å². The number of methoxy groups -OCH3 is 1. The van der Waals surface area contributed by atoms with Crippen molar-refractivity contribution in [2.45, 2.75) is 6.54 Å². The quantitative estimate of drug-likeness (QED) is 0.732. The number of H-pyrrole nitrogens is 1. The van der Waals surface area contributed by atoms with Crippen molar-refractivity contribution in [3.05, 3.63) is 53.9 Å². The van der Waals surface area contributed by atoms with E-state index in [4.69, 9.17) is 9.15 Å². The van der Waals surface area contributed by atoms with E-state index in [1.807, 2.05) is 24.3 Å². The van der Waals surface area contributed by atoms with Crippen LogP contribution in [-0.4, -0.2) is 41.2 Å². The van der Waals surface area contributed by atoms with Crippen molar-refractivity contribution in [3.8, 4) is 5.75 Å². The maximum absolute atomic E-state index is 12.7. The highest BCUT2D eigenvalue weighted by Gasteiger charge is 2.20. The van der Waals surface area contributed by atoms with Gasteiger partial charge in [0.05, 0.1) is 25.5 Å². The van der Waals surface area contributed by atoms with Gasteiger partial charge in [0.25, 0.3) is 5.91 Å². The number of aromatic nitrogens is 1. The lowest BCUT2D eigenvalue weighted by molar-refractivity contribution is 0.0701. The van der Waals surface area contributed by atoms with Crippen LogP contribution < -0.4 is 4.74 Å². The number of furan rings is 1. The number of hydrogen-bond donors (Lipinski definition) is 2. The molecular weight excluding hydrogens is 296 g/mol. The molecule has 0 bridgehead atoms. The Hall–Kier alpha value is -2.73. The molecule has 0 spiro atoms. The number of aromatic amines is 1. The average molecular weight is 314 g/mol. The third-order valence-corrected chi connectivity index (χ3v) is 3.68. The smallest absolute Gasteiger partial charge is 0.270 e. The second-order valence-electron chi connectivity index (χ2n) is 5.14. The van der Waals surface area contributed by atoms with E-state index in [0.717, 1.165) is 11.1 Å². The fourth-order valence-corrected chi connectivity index (χ4v) is 2.55. The fourth-order valence-electron chi connectivity index (χ4n) is 2.55. The lowest BCUT2D eigenvalue weighted by atomic mass is 10.2. The highest BCUT2D eigenvalue weighted by molar-refractivity contribution is 5.96. The predicted molar refractivity (Wildman–Crippen MR) is 85.4 cm³/mol. The fraction of sp³-hybridized carbons (Fsp3) is 0.235. The van der Waals surface area contributed by atoms with Gasteiger partial charge in [0.2, 0.25) is 0 Å². The molecule has 0 saturated carbocycles. The van der Waals surface area contributed by atoms with E-state index >= 15 is 0 Å². The third-order valence-electron chi connectivity index (χ3n) is 3.68. The Morgan fingerprint density at radius 1 is 1.35 bits per heavy atom. The Morgan fingerprint density at radius 3 is 2.91 bits per heavy atom. The third kappa shape index (κ3) is 3.07. The number of amides is 1. The van der Waals surface area contributed by atoms with Crippen molar-refractivity contribution < 1.29 is 19.1 Å². The van der Waals surface area contributed by atoms with Gasteiger partial charge in [-0.05, 0) is 6.07 Å². The van der Waals surface area contributed by atoms with Gasteiger partial charge in [0.15, 0.2) is 5.58 Å². The van der Waals surface area contributed by atoms with E-state index in [9.17, 15) is 9.90 Å². The number of aliphatic hydroxyl groups is 1. The number of para-hydroxylation sites is 1. The second-order valence-corrected chi connectivity index (χ2v) is 5.14. The molecule has 3 rings (SSSR count). The van der Waals surface area contributed by atoms with Crippen molar-refractivity contribution >= 4 is 17.0 Å². The number of hydrogen-bond acceptors (Lipinski definition) is 4. The highest BCUT2D eigenvalue weighted by atomic mass is 16.5. The van der Waals surface area contributed by atoms with Gasteiger partial charge in [-0.15, -0.1) is 0 Å². The number of nitrogens with zero attached hydrogens (tertiary/aromatic N) is 1. The number of carbonyl (C=O) groups is 1. The molecule has 2 aromatic heterocycles. The Bertz CT molecular complexity index is 777. The van der Waals surface area contributed by atoms with Crippen molar-refractivity contribution in [2.24, 2.45) is 0 Å². The number of nitrogens with one attached hydrogen (secondary N) is 1. The van der Waals surface area contributed by atoms with Gasteiger partial charge in [-0.3, -0.25) is 4.79 Å². The minimum absolute atomic E-state index is 0.113. The SMILES string of the molecule is COc1ccccc1CN(CCO)C(=O)c1cc2occc2[nH]1. The van der Waals surface area contributed by atoms with Gasteiger partial charge >= 0.3 is 0 Å². The number of carbonyl (C=O) groups excluding carboxylic acids is 1. The zero-order valence-corrected chi connectivity index (χ0v) is 12.8. The Morgan fingerprint density at radius 2 is 2.17 bits per heavy atom. The van der Waals surface area contributed by atoms with Gasteiger partial charge in [0.1, 0.15) is 11.4 Å². The molecule has 0 aliphatic rings. The molecule has 6 nitrogen and oxygen atoms in total. The maximum atomic E-state index is 12.7. The molecule has 6 heteroatoms. The molecule has 0 unspecified atom stereocenters. The summed E-state index contributed by atoms with van der Waals surface area (Å²) in [6, 6.07) is 10.9. The van der Waals surface area contributed by atoms with E-state index in [1.54, 1.807) is 30.4 Å². The monoisotopic (exact) mass is 314 g/mol. The number of rotatable bonds is 6. The maximum Gasteiger partial charge on any atom is 0.270 e. The van der Waals surface area contributed by atoms with Crippen LogP contribution in [-0.2, 0) is 6.54 Å². The molecule has 2 N–H and O–H groups in total. The number of fused-ring (bicyclic) bond motifs is 1. The minimum Gasteiger partial charge on any atom is -0.496 e. The molecule has 23 heavy (non-hydrogen) atoms. The average Bonchev–Trinajstić information content (AvgIpc) is 3.16. The molecular formula is C17H18N2O4. The molecule has 0 saturated heterocycles. The molecule has 1 amide bonds. The summed E-state index contributed by atoms with van der Waals surface area (Å²) in [7, 11) is 1.59. The lowest BCUT2D eigenvalue weighted by Gasteiger charge is -2.22. The van der Waals surface area contributed by atoms with Crippen LogP contribution in [0, 0.1) is 0 Å². The highest BCUT2D eigenvalue weighted by Crippen LogP contribution is 2.21.